The predicted molar refractivity (Wildman–Crippen MR) is 208 cm³/mol. The normalized spacial score (nSPS) is 11.6. The van der Waals surface area contributed by atoms with Crippen molar-refractivity contribution in [2.24, 2.45) is 0 Å². The summed E-state index contributed by atoms with van der Waals surface area (Å²) in [5, 5.41) is 4.98. The zero-order valence-electron chi connectivity index (χ0n) is 27.1. The SMILES string of the molecule is c1ccc(-n2c3ccc(-c4ccc(-c5nc6ccccc6o5)cc4)cc3c3cc(-c4ccc(-c5cccc6ccccc56)cc4)ccc32)cc1. The van der Waals surface area contributed by atoms with E-state index in [9.17, 15) is 0 Å². The molecule has 0 bridgehead atoms. The highest BCUT2D eigenvalue weighted by molar-refractivity contribution is 6.11. The van der Waals surface area contributed by atoms with Crippen molar-refractivity contribution in [1.29, 1.82) is 0 Å². The van der Waals surface area contributed by atoms with Crippen molar-refractivity contribution < 1.29 is 4.42 Å². The van der Waals surface area contributed by atoms with E-state index in [2.05, 4.69) is 167 Å². The van der Waals surface area contributed by atoms with Crippen molar-refractivity contribution in [1.82, 2.24) is 9.55 Å². The smallest absolute Gasteiger partial charge is 0.227 e. The second-order valence-corrected chi connectivity index (χ2v) is 12.8. The van der Waals surface area contributed by atoms with Crippen LogP contribution in [0.2, 0.25) is 0 Å². The van der Waals surface area contributed by atoms with Gasteiger partial charge < -0.3 is 8.98 Å². The summed E-state index contributed by atoms with van der Waals surface area (Å²) < 4.78 is 8.40. The summed E-state index contributed by atoms with van der Waals surface area (Å²) in [6, 6.07) is 64.8. The van der Waals surface area contributed by atoms with Gasteiger partial charge in [0.1, 0.15) is 5.52 Å². The molecule has 0 N–H and O–H groups in total. The zero-order valence-corrected chi connectivity index (χ0v) is 27.1. The molecule has 0 fully saturated rings. The minimum absolute atomic E-state index is 0.636. The van der Waals surface area contributed by atoms with E-state index in [4.69, 9.17) is 4.42 Å². The molecule has 0 unspecified atom stereocenters. The molecule has 0 atom stereocenters. The van der Waals surface area contributed by atoms with Gasteiger partial charge in [-0.1, -0.05) is 121 Å². The van der Waals surface area contributed by atoms with Crippen LogP contribution in [0.15, 0.2) is 186 Å². The molecule has 0 spiro atoms. The van der Waals surface area contributed by atoms with Crippen LogP contribution < -0.4 is 0 Å². The average Bonchev–Trinajstić information content (AvgIpc) is 3.77. The molecule has 3 nitrogen and oxygen atoms in total. The summed E-state index contributed by atoms with van der Waals surface area (Å²) in [6.07, 6.45) is 0. The van der Waals surface area contributed by atoms with Crippen LogP contribution in [0.5, 0.6) is 0 Å². The Hall–Kier alpha value is -6.71. The number of benzene rings is 8. The van der Waals surface area contributed by atoms with Crippen LogP contribution in [-0.4, -0.2) is 9.55 Å². The largest absolute Gasteiger partial charge is 0.436 e. The van der Waals surface area contributed by atoms with Crippen LogP contribution in [0.1, 0.15) is 0 Å². The number of hydrogen-bond donors (Lipinski definition) is 0. The third-order valence-electron chi connectivity index (χ3n) is 9.86. The number of nitrogens with zero attached hydrogens (tertiary/aromatic N) is 2. The maximum atomic E-state index is 6.03. The van der Waals surface area contributed by atoms with E-state index in [0.717, 1.165) is 27.9 Å². The van der Waals surface area contributed by atoms with Gasteiger partial charge in [-0.15, -0.1) is 0 Å². The maximum Gasteiger partial charge on any atom is 0.227 e. The molecule has 50 heavy (non-hydrogen) atoms. The van der Waals surface area contributed by atoms with Gasteiger partial charge in [-0.25, -0.2) is 4.98 Å². The van der Waals surface area contributed by atoms with Crippen LogP contribution in [0.25, 0.3) is 94.2 Å². The Bertz CT molecular complexity index is 2800. The molecule has 10 rings (SSSR count). The Labute approximate surface area is 289 Å². The first-order valence-electron chi connectivity index (χ1n) is 17.0. The number of oxazole rings is 1. The van der Waals surface area contributed by atoms with E-state index in [1.165, 1.54) is 60.4 Å². The average molecular weight is 639 g/mol. The Morgan fingerprint density at radius 3 is 1.66 bits per heavy atom. The first kappa shape index (κ1) is 28.3. The maximum absolute atomic E-state index is 6.03. The topological polar surface area (TPSA) is 31.0 Å². The van der Waals surface area contributed by atoms with Gasteiger partial charge >= 0.3 is 0 Å². The van der Waals surface area contributed by atoms with Crippen molar-refractivity contribution in [3.8, 4) is 50.5 Å². The van der Waals surface area contributed by atoms with Crippen LogP contribution in [-0.2, 0) is 0 Å². The summed E-state index contributed by atoms with van der Waals surface area (Å²) in [5.41, 5.74) is 13.3. The lowest BCUT2D eigenvalue weighted by molar-refractivity contribution is 0.620. The molecule has 2 heterocycles. The predicted octanol–water partition coefficient (Wildman–Crippen LogP) is 12.7. The van der Waals surface area contributed by atoms with Gasteiger partial charge in [0.2, 0.25) is 5.89 Å². The quantitative estimate of drug-likeness (QED) is 0.188. The monoisotopic (exact) mass is 638 g/mol. The fourth-order valence-corrected chi connectivity index (χ4v) is 7.36. The van der Waals surface area contributed by atoms with E-state index in [1.54, 1.807) is 0 Å². The third kappa shape index (κ3) is 4.71. The summed E-state index contributed by atoms with van der Waals surface area (Å²) in [6.45, 7) is 0. The second kappa shape index (κ2) is 11.5. The number of rotatable bonds is 5. The highest BCUT2D eigenvalue weighted by atomic mass is 16.3. The minimum atomic E-state index is 0.636. The lowest BCUT2D eigenvalue weighted by atomic mass is 9.95. The molecule has 3 heteroatoms. The second-order valence-electron chi connectivity index (χ2n) is 12.8. The lowest BCUT2D eigenvalue weighted by Crippen LogP contribution is -1.93. The van der Waals surface area contributed by atoms with Gasteiger partial charge in [0.05, 0.1) is 11.0 Å². The summed E-state index contributed by atoms with van der Waals surface area (Å²) >= 11 is 0. The van der Waals surface area contributed by atoms with Gasteiger partial charge in [-0.2, -0.15) is 0 Å². The van der Waals surface area contributed by atoms with Gasteiger partial charge in [0.15, 0.2) is 5.58 Å². The highest BCUT2D eigenvalue weighted by Gasteiger charge is 2.15. The Morgan fingerprint density at radius 2 is 0.960 bits per heavy atom. The first-order valence-corrected chi connectivity index (χ1v) is 17.0. The molecule has 0 saturated heterocycles. The van der Waals surface area contributed by atoms with Gasteiger partial charge in [-0.3, -0.25) is 0 Å². The number of fused-ring (bicyclic) bond motifs is 5. The van der Waals surface area contributed by atoms with E-state index in [0.29, 0.717) is 5.89 Å². The molecular formula is C47H30N2O. The standard InChI is InChI=1S/C47H30N2O/c1-2-11-38(12-3-1)49-44-27-25-36(31-17-21-34(22-18-31)40-14-8-10-33-9-4-5-13-39(33)40)29-41(44)42-30-37(26-28-45(42)49)32-19-23-35(24-20-32)47-48-43-15-6-7-16-46(43)50-47/h1-30H. The lowest BCUT2D eigenvalue weighted by Gasteiger charge is -2.09. The van der Waals surface area contributed by atoms with Crippen LogP contribution in [0.4, 0.5) is 0 Å². The third-order valence-corrected chi connectivity index (χ3v) is 9.86. The van der Waals surface area contributed by atoms with E-state index in [-0.39, 0.29) is 0 Å². The molecule has 0 aliphatic heterocycles. The van der Waals surface area contributed by atoms with Crippen molar-refractivity contribution >= 4 is 43.7 Å². The Morgan fingerprint density at radius 1 is 0.400 bits per heavy atom. The molecule has 0 radical (unpaired) electrons. The number of aromatic nitrogens is 2. The molecule has 8 aromatic carbocycles. The van der Waals surface area contributed by atoms with Crippen molar-refractivity contribution in [3.63, 3.8) is 0 Å². The molecule has 0 saturated carbocycles. The van der Waals surface area contributed by atoms with Crippen molar-refractivity contribution in [2.45, 2.75) is 0 Å². The summed E-state index contributed by atoms with van der Waals surface area (Å²) in [4.78, 5) is 4.69. The minimum Gasteiger partial charge on any atom is -0.436 e. The highest BCUT2D eigenvalue weighted by Crippen LogP contribution is 2.38. The van der Waals surface area contributed by atoms with E-state index >= 15 is 0 Å². The van der Waals surface area contributed by atoms with E-state index in [1.807, 2.05) is 24.3 Å². The van der Waals surface area contributed by atoms with Crippen LogP contribution in [0.3, 0.4) is 0 Å². The summed E-state index contributed by atoms with van der Waals surface area (Å²) in [5.74, 6) is 0.636. The number of hydrogen-bond acceptors (Lipinski definition) is 2. The zero-order chi connectivity index (χ0) is 33.0. The van der Waals surface area contributed by atoms with Gasteiger partial charge in [0.25, 0.3) is 0 Å². The molecule has 2 aromatic heterocycles. The first-order chi connectivity index (χ1) is 24.8. The fourth-order valence-electron chi connectivity index (χ4n) is 7.36. The molecule has 0 aliphatic rings. The molecule has 0 aliphatic carbocycles. The van der Waals surface area contributed by atoms with Crippen LogP contribution >= 0.6 is 0 Å². The van der Waals surface area contributed by atoms with Gasteiger partial charge in [0, 0.05) is 22.0 Å². The van der Waals surface area contributed by atoms with Crippen molar-refractivity contribution in [3.05, 3.63) is 182 Å². The molecule has 234 valence electrons. The fraction of sp³-hybridized carbons (Fsp3) is 0. The van der Waals surface area contributed by atoms with Gasteiger partial charge in [-0.05, 0) is 105 Å². The molecule has 10 aromatic rings. The Balaban J connectivity index is 1.07. The number of para-hydroxylation sites is 3. The van der Waals surface area contributed by atoms with Crippen LogP contribution in [0, 0.1) is 0 Å². The Kier molecular flexibility index (Phi) is 6.49. The molecule has 0 amide bonds. The summed E-state index contributed by atoms with van der Waals surface area (Å²) in [7, 11) is 0. The van der Waals surface area contributed by atoms with E-state index < -0.39 is 0 Å². The molecular weight excluding hydrogens is 609 g/mol. The van der Waals surface area contributed by atoms with Crippen molar-refractivity contribution in [2.75, 3.05) is 0 Å².